The van der Waals surface area contributed by atoms with Gasteiger partial charge in [-0.05, 0) is 0 Å². The van der Waals surface area contributed by atoms with Crippen molar-refractivity contribution in [1.29, 1.82) is 0 Å². The van der Waals surface area contributed by atoms with Crippen LogP contribution in [0, 0.1) is 0 Å². The van der Waals surface area contributed by atoms with Gasteiger partial charge in [0.1, 0.15) is 0 Å². The van der Waals surface area contributed by atoms with E-state index in [-0.39, 0.29) is 25.7 Å². The third kappa shape index (κ3) is 6.11. The molecule has 0 bridgehead atoms. The summed E-state index contributed by atoms with van der Waals surface area (Å²) >= 11 is 0. The molecule has 0 spiro atoms. The number of amides is 1. The molecule has 1 amide bonds. The molecule has 0 radical (unpaired) electrons. The molecule has 3 heteroatoms. The predicted molar refractivity (Wildman–Crippen MR) is 24.4 cm³/mol. The summed E-state index contributed by atoms with van der Waals surface area (Å²) in [5.41, 5.74) is 0. The van der Waals surface area contributed by atoms with Gasteiger partial charge in [0.15, 0.2) is 0 Å². The van der Waals surface area contributed by atoms with Crippen molar-refractivity contribution >= 4 is 5.91 Å². The van der Waals surface area contributed by atoms with Crippen molar-refractivity contribution in [2.75, 3.05) is 14.1 Å². The van der Waals surface area contributed by atoms with E-state index in [0.717, 1.165) is 0 Å². The summed E-state index contributed by atoms with van der Waals surface area (Å²) < 4.78 is 0. The van der Waals surface area contributed by atoms with Gasteiger partial charge in [-0.15, -0.1) is 0 Å². The smallest absolute Gasteiger partial charge is 0.218 e. The van der Waals surface area contributed by atoms with Crippen molar-refractivity contribution in [2.45, 2.75) is 6.92 Å². The largest absolute Gasteiger partial charge is 0.349 e. The molecule has 0 saturated carbocycles. The van der Waals surface area contributed by atoms with Gasteiger partial charge in [-0.1, -0.05) is 0 Å². The van der Waals surface area contributed by atoms with Gasteiger partial charge in [-0.3, -0.25) is 4.79 Å². The van der Waals surface area contributed by atoms with Crippen LogP contribution in [0.4, 0.5) is 0 Å². The SMILES string of the molecule is CC(=O)N(C)C.[Os]. The van der Waals surface area contributed by atoms with E-state index in [1.165, 1.54) is 11.8 Å². The Morgan fingerprint density at radius 2 is 1.57 bits per heavy atom. The summed E-state index contributed by atoms with van der Waals surface area (Å²) in [6.45, 7) is 1.53. The van der Waals surface area contributed by atoms with Crippen LogP contribution >= 0.6 is 0 Å². The second-order valence-electron chi connectivity index (χ2n) is 1.41. The monoisotopic (exact) mass is 279 g/mol. The number of nitrogens with zero attached hydrogens (tertiary/aromatic N) is 1. The zero-order chi connectivity index (χ0) is 5.15. The molecule has 0 fully saturated rings. The zero-order valence-corrected chi connectivity index (χ0v) is 7.25. The average Bonchev–Trinajstić information content (AvgIpc) is 1.36. The van der Waals surface area contributed by atoms with E-state index in [4.69, 9.17) is 0 Å². The summed E-state index contributed by atoms with van der Waals surface area (Å²) in [5.74, 6) is 0.0926. The molecule has 0 aromatic rings. The van der Waals surface area contributed by atoms with Crippen molar-refractivity contribution in [3.63, 3.8) is 0 Å². The molecule has 0 rings (SSSR count). The second kappa shape index (κ2) is 4.27. The first-order chi connectivity index (χ1) is 2.64. The molecule has 2 nitrogen and oxygen atoms in total. The second-order valence-corrected chi connectivity index (χ2v) is 1.41. The maximum absolute atomic E-state index is 10.1. The van der Waals surface area contributed by atoms with E-state index in [0.29, 0.717) is 0 Å². The standard InChI is InChI=1S/C4H9NO.Os/c1-4(6)5(2)3;/h1-3H3;. The van der Waals surface area contributed by atoms with Gasteiger partial charge < -0.3 is 4.90 Å². The predicted octanol–water partition coefficient (Wildman–Crippen LogP) is 0.0920. The number of carbonyl (C=O) groups is 1. The summed E-state index contributed by atoms with van der Waals surface area (Å²) in [6.07, 6.45) is 0. The van der Waals surface area contributed by atoms with Gasteiger partial charge in [0.2, 0.25) is 5.91 Å². The Hall–Kier alpha value is 0.106. The summed E-state index contributed by atoms with van der Waals surface area (Å²) in [6, 6.07) is 0. The molecular formula is C4H9NOOs. The fourth-order valence-electron chi connectivity index (χ4n) is 0. The maximum atomic E-state index is 10.1. The Morgan fingerprint density at radius 1 is 1.43 bits per heavy atom. The van der Waals surface area contributed by atoms with E-state index >= 15 is 0 Å². The Bertz CT molecular complexity index is 62.7. The molecule has 0 unspecified atom stereocenters. The van der Waals surface area contributed by atoms with Gasteiger partial charge in [0.25, 0.3) is 0 Å². The average molecular weight is 277 g/mol. The van der Waals surface area contributed by atoms with Crippen LogP contribution in [0.1, 0.15) is 6.92 Å². The Labute approximate surface area is 56.9 Å². The number of rotatable bonds is 0. The third-order valence-corrected chi connectivity index (χ3v) is 0.630. The molecule has 0 aromatic carbocycles. The molecular weight excluding hydrogens is 268 g/mol. The number of hydrogen-bond acceptors (Lipinski definition) is 1. The van der Waals surface area contributed by atoms with Crippen LogP contribution in [0.25, 0.3) is 0 Å². The van der Waals surface area contributed by atoms with Crippen molar-refractivity contribution in [3.8, 4) is 0 Å². The van der Waals surface area contributed by atoms with E-state index < -0.39 is 0 Å². The van der Waals surface area contributed by atoms with E-state index in [9.17, 15) is 4.79 Å². The molecule has 0 heterocycles. The minimum Gasteiger partial charge on any atom is -0.349 e. The first-order valence-electron chi connectivity index (χ1n) is 1.82. The van der Waals surface area contributed by atoms with E-state index in [1.807, 2.05) is 0 Å². The molecule has 44 valence electrons. The van der Waals surface area contributed by atoms with Gasteiger partial charge in [-0.2, -0.15) is 0 Å². The molecule has 0 aliphatic rings. The topological polar surface area (TPSA) is 20.3 Å². The van der Waals surface area contributed by atoms with Crippen LogP contribution in [-0.2, 0) is 24.6 Å². The number of hydrogen-bond donors (Lipinski definition) is 0. The zero-order valence-electron chi connectivity index (χ0n) is 4.71. The quantitative estimate of drug-likeness (QED) is 0.615. The molecule has 0 saturated heterocycles. The van der Waals surface area contributed by atoms with Gasteiger partial charge in [0, 0.05) is 40.8 Å². The third-order valence-electron chi connectivity index (χ3n) is 0.630. The fourth-order valence-corrected chi connectivity index (χ4v) is 0. The fraction of sp³-hybridized carbons (Fsp3) is 0.750. The van der Waals surface area contributed by atoms with Gasteiger partial charge in [0.05, 0.1) is 0 Å². The molecule has 7 heavy (non-hydrogen) atoms. The first kappa shape index (κ1) is 10.2. The normalized spacial score (nSPS) is 6.71. The van der Waals surface area contributed by atoms with Crippen molar-refractivity contribution in [2.24, 2.45) is 0 Å². The molecule has 0 N–H and O–H groups in total. The minimum atomic E-state index is 0. The summed E-state index contributed by atoms with van der Waals surface area (Å²) in [5, 5.41) is 0. The Balaban J connectivity index is 0. The van der Waals surface area contributed by atoms with Crippen LogP contribution in [0.5, 0.6) is 0 Å². The maximum Gasteiger partial charge on any atom is 0.218 e. The Kier molecular flexibility index (Phi) is 6.20. The van der Waals surface area contributed by atoms with Gasteiger partial charge >= 0.3 is 0 Å². The van der Waals surface area contributed by atoms with Crippen LogP contribution in [-0.4, -0.2) is 24.9 Å². The van der Waals surface area contributed by atoms with Gasteiger partial charge in [-0.25, -0.2) is 0 Å². The molecule has 0 aliphatic heterocycles. The van der Waals surface area contributed by atoms with Crippen molar-refractivity contribution in [3.05, 3.63) is 0 Å². The van der Waals surface area contributed by atoms with Crippen LogP contribution < -0.4 is 0 Å². The van der Waals surface area contributed by atoms with Crippen molar-refractivity contribution < 1.29 is 24.6 Å². The number of carbonyl (C=O) groups excluding carboxylic acids is 1. The van der Waals surface area contributed by atoms with E-state index in [2.05, 4.69) is 0 Å². The van der Waals surface area contributed by atoms with Crippen LogP contribution in [0.15, 0.2) is 0 Å². The molecule has 0 atom stereocenters. The van der Waals surface area contributed by atoms with Crippen LogP contribution in [0.3, 0.4) is 0 Å². The summed E-state index contributed by atoms with van der Waals surface area (Å²) in [7, 11) is 3.45. The van der Waals surface area contributed by atoms with Crippen LogP contribution in [0.2, 0.25) is 0 Å². The Morgan fingerprint density at radius 3 is 1.57 bits per heavy atom. The van der Waals surface area contributed by atoms with Crippen molar-refractivity contribution in [1.82, 2.24) is 4.90 Å². The molecule has 0 aliphatic carbocycles. The van der Waals surface area contributed by atoms with E-state index in [1.54, 1.807) is 14.1 Å². The minimum absolute atomic E-state index is 0. The molecule has 0 aromatic heterocycles. The first-order valence-corrected chi connectivity index (χ1v) is 1.82. The summed E-state index contributed by atoms with van der Waals surface area (Å²) in [4.78, 5) is 11.6.